The molecule has 148 valence electrons. The number of nitrogens with one attached hydrogen (secondary N) is 3. The van der Waals surface area contributed by atoms with Crippen molar-refractivity contribution >= 4 is 17.7 Å². The molecule has 28 heavy (non-hydrogen) atoms. The smallest absolute Gasteiger partial charge is 0.269 e. The fraction of sp³-hybridized carbons (Fsp3) is 0.250. The first-order chi connectivity index (χ1) is 13.3. The summed E-state index contributed by atoms with van der Waals surface area (Å²) < 4.78 is 10.2. The van der Waals surface area contributed by atoms with Gasteiger partial charge in [-0.3, -0.25) is 25.2 Å². The second-order valence-corrected chi connectivity index (χ2v) is 6.10. The van der Waals surface area contributed by atoms with Gasteiger partial charge in [-0.1, -0.05) is 17.7 Å². The topological polar surface area (TPSA) is 106 Å². The second-order valence-electron chi connectivity index (χ2n) is 6.10. The van der Waals surface area contributed by atoms with Crippen molar-refractivity contribution in [3.63, 3.8) is 0 Å². The fourth-order valence-corrected chi connectivity index (χ4v) is 2.51. The Morgan fingerprint density at radius 2 is 1.50 bits per heavy atom. The van der Waals surface area contributed by atoms with Gasteiger partial charge < -0.3 is 14.8 Å². The maximum absolute atomic E-state index is 12.2. The van der Waals surface area contributed by atoms with E-state index in [1.54, 1.807) is 12.1 Å². The molecule has 3 N–H and O–H groups in total. The summed E-state index contributed by atoms with van der Waals surface area (Å²) in [6, 6.07) is 10.1. The highest BCUT2D eigenvalue weighted by Crippen LogP contribution is 2.22. The molecule has 8 heteroatoms. The van der Waals surface area contributed by atoms with E-state index in [0.717, 1.165) is 11.1 Å². The lowest BCUT2D eigenvalue weighted by atomic mass is 10.1. The lowest BCUT2D eigenvalue weighted by molar-refractivity contribution is -0.120. The Labute approximate surface area is 163 Å². The van der Waals surface area contributed by atoms with Crippen molar-refractivity contribution in [1.82, 2.24) is 16.2 Å². The van der Waals surface area contributed by atoms with Crippen LogP contribution in [0.2, 0.25) is 0 Å². The second kappa shape index (κ2) is 9.40. The van der Waals surface area contributed by atoms with Gasteiger partial charge in [-0.25, -0.2) is 0 Å². The maximum Gasteiger partial charge on any atom is 0.269 e. The van der Waals surface area contributed by atoms with E-state index in [4.69, 9.17) is 9.47 Å². The van der Waals surface area contributed by atoms with Crippen LogP contribution in [0.15, 0.2) is 36.4 Å². The molecule has 2 aromatic rings. The normalized spacial score (nSPS) is 10.0. The quantitative estimate of drug-likeness (QED) is 0.654. The lowest BCUT2D eigenvalue weighted by Crippen LogP contribution is -2.46. The van der Waals surface area contributed by atoms with Gasteiger partial charge in [-0.2, -0.15) is 0 Å². The van der Waals surface area contributed by atoms with Crippen LogP contribution in [0.5, 0.6) is 11.5 Å². The minimum atomic E-state index is -0.568. The van der Waals surface area contributed by atoms with Crippen molar-refractivity contribution < 1.29 is 23.9 Å². The number of hydrogen-bond donors (Lipinski definition) is 3. The first-order valence-corrected chi connectivity index (χ1v) is 8.51. The van der Waals surface area contributed by atoms with Crippen molar-refractivity contribution in [1.29, 1.82) is 0 Å². The largest absolute Gasteiger partial charge is 0.497 e. The van der Waals surface area contributed by atoms with Crippen LogP contribution in [0, 0.1) is 13.8 Å². The molecule has 0 aliphatic rings. The van der Waals surface area contributed by atoms with Crippen LogP contribution < -0.4 is 25.6 Å². The number of benzene rings is 2. The Morgan fingerprint density at radius 1 is 0.857 bits per heavy atom. The van der Waals surface area contributed by atoms with Gasteiger partial charge >= 0.3 is 0 Å². The van der Waals surface area contributed by atoms with Crippen molar-refractivity contribution in [3.8, 4) is 11.5 Å². The molecule has 0 saturated carbocycles. The molecule has 0 aliphatic heterocycles. The highest BCUT2D eigenvalue weighted by atomic mass is 16.5. The summed E-state index contributed by atoms with van der Waals surface area (Å²) in [5.41, 5.74) is 7.17. The molecule has 0 radical (unpaired) electrons. The number of methoxy groups -OCH3 is 2. The van der Waals surface area contributed by atoms with Crippen LogP contribution in [0.25, 0.3) is 0 Å². The van der Waals surface area contributed by atoms with E-state index in [0.29, 0.717) is 17.1 Å². The average Bonchev–Trinajstić information content (AvgIpc) is 2.69. The Morgan fingerprint density at radius 3 is 2.07 bits per heavy atom. The Balaban J connectivity index is 1.88. The van der Waals surface area contributed by atoms with E-state index in [2.05, 4.69) is 16.2 Å². The van der Waals surface area contributed by atoms with E-state index in [9.17, 15) is 14.4 Å². The molecule has 0 aliphatic carbocycles. The summed E-state index contributed by atoms with van der Waals surface area (Å²) >= 11 is 0. The van der Waals surface area contributed by atoms with Gasteiger partial charge in [0.05, 0.1) is 20.8 Å². The highest BCUT2D eigenvalue weighted by Gasteiger charge is 2.13. The summed E-state index contributed by atoms with van der Waals surface area (Å²) in [7, 11) is 2.95. The molecule has 0 aromatic heterocycles. The van der Waals surface area contributed by atoms with Crippen molar-refractivity contribution in [2.75, 3.05) is 20.8 Å². The van der Waals surface area contributed by atoms with E-state index in [1.807, 2.05) is 26.0 Å². The summed E-state index contributed by atoms with van der Waals surface area (Å²) in [6.45, 7) is 3.43. The van der Waals surface area contributed by atoms with E-state index >= 15 is 0 Å². The number of aryl methyl sites for hydroxylation is 2. The predicted octanol–water partition coefficient (Wildman–Crippen LogP) is 1.51. The van der Waals surface area contributed by atoms with Gasteiger partial charge in [0.1, 0.15) is 11.5 Å². The van der Waals surface area contributed by atoms with Gasteiger partial charge in [0, 0.05) is 17.2 Å². The number of ether oxygens (including phenoxy) is 2. The predicted molar refractivity (Wildman–Crippen MR) is 103 cm³/mol. The number of amides is 3. The van der Waals surface area contributed by atoms with Crippen LogP contribution in [0.4, 0.5) is 0 Å². The van der Waals surface area contributed by atoms with E-state index < -0.39 is 17.7 Å². The standard InChI is InChI=1S/C20H23N3O5/c1-12-5-6-17(13(2)7-12)20(26)23-22-18(24)11-21-19(25)14-8-15(27-3)10-16(9-14)28-4/h5-10H,11H2,1-4H3,(H,21,25)(H,22,24)(H,23,26). The molecule has 0 unspecified atom stereocenters. The number of carbonyl (C=O) groups excluding carboxylic acids is 3. The molecule has 0 atom stereocenters. The van der Waals surface area contributed by atoms with Gasteiger partial charge in [0.15, 0.2) is 0 Å². The third-order valence-corrected chi connectivity index (χ3v) is 3.97. The van der Waals surface area contributed by atoms with Gasteiger partial charge in [-0.15, -0.1) is 0 Å². The van der Waals surface area contributed by atoms with Gasteiger partial charge in [0.25, 0.3) is 17.7 Å². The molecule has 0 saturated heterocycles. The van der Waals surface area contributed by atoms with Crippen molar-refractivity contribution in [2.24, 2.45) is 0 Å². The minimum absolute atomic E-state index is 0.281. The summed E-state index contributed by atoms with van der Waals surface area (Å²) in [6.07, 6.45) is 0. The molecule has 0 bridgehead atoms. The first-order valence-electron chi connectivity index (χ1n) is 8.51. The number of hydrazine groups is 1. The molecule has 8 nitrogen and oxygen atoms in total. The van der Waals surface area contributed by atoms with Crippen molar-refractivity contribution in [3.05, 3.63) is 58.7 Å². The Kier molecular flexibility index (Phi) is 6.97. The zero-order chi connectivity index (χ0) is 20.7. The number of rotatable bonds is 6. The monoisotopic (exact) mass is 385 g/mol. The molecular weight excluding hydrogens is 362 g/mol. The minimum Gasteiger partial charge on any atom is -0.497 e. The van der Waals surface area contributed by atoms with Crippen LogP contribution >= 0.6 is 0 Å². The molecule has 0 heterocycles. The van der Waals surface area contributed by atoms with Gasteiger partial charge in [0.2, 0.25) is 0 Å². The van der Waals surface area contributed by atoms with E-state index in [1.165, 1.54) is 26.4 Å². The summed E-state index contributed by atoms with van der Waals surface area (Å²) in [5, 5.41) is 2.47. The number of carbonyl (C=O) groups is 3. The molecule has 3 amide bonds. The van der Waals surface area contributed by atoms with E-state index in [-0.39, 0.29) is 12.1 Å². The van der Waals surface area contributed by atoms with Crippen LogP contribution in [-0.2, 0) is 4.79 Å². The molecule has 2 aromatic carbocycles. The van der Waals surface area contributed by atoms with Crippen LogP contribution in [-0.4, -0.2) is 38.5 Å². The summed E-state index contributed by atoms with van der Waals surface area (Å²) in [5.74, 6) is -0.576. The maximum atomic E-state index is 12.2. The summed E-state index contributed by atoms with van der Waals surface area (Å²) in [4.78, 5) is 36.3. The third-order valence-electron chi connectivity index (χ3n) is 3.97. The fourth-order valence-electron chi connectivity index (χ4n) is 2.51. The lowest BCUT2D eigenvalue weighted by Gasteiger charge is -2.11. The highest BCUT2D eigenvalue weighted by molar-refractivity contribution is 5.99. The van der Waals surface area contributed by atoms with Gasteiger partial charge in [-0.05, 0) is 37.6 Å². The average molecular weight is 385 g/mol. The zero-order valence-corrected chi connectivity index (χ0v) is 16.2. The first kappa shape index (κ1) is 20.8. The molecule has 0 fully saturated rings. The zero-order valence-electron chi connectivity index (χ0n) is 16.2. The molecule has 2 rings (SSSR count). The molecule has 0 spiro atoms. The van der Waals surface area contributed by atoms with Crippen molar-refractivity contribution in [2.45, 2.75) is 13.8 Å². The Bertz CT molecular complexity index is 873. The van der Waals surface area contributed by atoms with Crippen LogP contribution in [0.1, 0.15) is 31.8 Å². The SMILES string of the molecule is COc1cc(OC)cc(C(=O)NCC(=O)NNC(=O)c2ccc(C)cc2C)c1. The van der Waals surface area contributed by atoms with Crippen LogP contribution in [0.3, 0.4) is 0 Å². The number of hydrogen-bond acceptors (Lipinski definition) is 5. The third kappa shape index (κ3) is 5.47. The Hall–Kier alpha value is -3.55. The molecular formula is C20H23N3O5.